The number of esters is 1. The Balaban J connectivity index is 1.80. The number of hydrogen-bond donors (Lipinski definition) is 1. The molecule has 30 heavy (non-hydrogen) atoms. The van der Waals surface area contributed by atoms with E-state index in [1.807, 2.05) is 25.1 Å². The van der Waals surface area contributed by atoms with Gasteiger partial charge >= 0.3 is 5.97 Å². The van der Waals surface area contributed by atoms with Crippen LogP contribution >= 0.6 is 0 Å². The highest BCUT2D eigenvalue weighted by molar-refractivity contribution is 5.88. The molecule has 0 aliphatic carbocycles. The molecule has 4 rings (SSSR count). The molecule has 0 amide bonds. The molecule has 1 unspecified atom stereocenters. The van der Waals surface area contributed by atoms with Crippen LogP contribution < -0.4 is 14.2 Å². The fraction of sp³-hybridized carbons (Fsp3) is 0.348. The largest absolute Gasteiger partial charge is 0.493 e. The maximum atomic E-state index is 12.4. The summed E-state index contributed by atoms with van der Waals surface area (Å²) in [5.74, 6) is 2.03. The van der Waals surface area contributed by atoms with Crippen molar-refractivity contribution in [3.63, 3.8) is 0 Å². The number of benzene rings is 2. The number of carbonyl (C=O) groups excluding carboxylic acids is 1. The molecule has 2 heterocycles. The Bertz CT molecular complexity index is 1080. The zero-order chi connectivity index (χ0) is 21.3. The fourth-order valence-corrected chi connectivity index (χ4v) is 3.88. The van der Waals surface area contributed by atoms with Crippen LogP contribution in [0.15, 0.2) is 40.8 Å². The number of aryl methyl sites for hydroxylation is 1. The van der Waals surface area contributed by atoms with Gasteiger partial charge in [0.2, 0.25) is 6.79 Å². The number of methoxy groups -OCH3 is 1. The molecule has 2 aromatic carbocycles. The summed E-state index contributed by atoms with van der Waals surface area (Å²) >= 11 is 0. The van der Waals surface area contributed by atoms with E-state index in [2.05, 4.69) is 0 Å². The molecule has 3 aromatic rings. The Hall–Kier alpha value is -3.19. The maximum Gasteiger partial charge on any atom is 0.309 e. The van der Waals surface area contributed by atoms with Gasteiger partial charge in [0, 0.05) is 11.8 Å². The van der Waals surface area contributed by atoms with Gasteiger partial charge in [0.25, 0.3) is 0 Å². The second-order valence-corrected chi connectivity index (χ2v) is 7.29. The van der Waals surface area contributed by atoms with Crippen molar-refractivity contribution in [2.75, 3.05) is 20.5 Å². The Kier molecular flexibility index (Phi) is 5.30. The number of aliphatic hydroxyl groups is 1. The van der Waals surface area contributed by atoms with Gasteiger partial charge in [0.05, 0.1) is 20.1 Å². The molecule has 1 aromatic heterocycles. The monoisotopic (exact) mass is 412 g/mol. The lowest BCUT2D eigenvalue weighted by molar-refractivity contribution is -0.149. The van der Waals surface area contributed by atoms with E-state index >= 15 is 0 Å². The Morgan fingerprint density at radius 2 is 1.97 bits per heavy atom. The van der Waals surface area contributed by atoms with Crippen LogP contribution in [0.1, 0.15) is 30.2 Å². The van der Waals surface area contributed by atoms with Crippen LogP contribution in [0.4, 0.5) is 0 Å². The van der Waals surface area contributed by atoms with Gasteiger partial charge in [-0.25, -0.2) is 0 Å². The van der Waals surface area contributed by atoms with Gasteiger partial charge in [-0.05, 0) is 49.2 Å². The third-order valence-electron chi connectivity index (χ3n) is 5.17. The molecule has 0 bridgehead atoms. The molecule has 1 aliphatic heterocycles. The predicted octanol–water partition coefficient (Wildman–Crippen LogP) is 3.86. The van der Waals surface area contributed by atoms with Crippen LogP contribution in [0.3, 0.4) is 0 Å². The predicted molar refractivity (Wildman–Crippen MR) is 109 cm³/mol. The summed E-state index contributed by atoms with van der Waals surface area (Å²) in [6, 6.07) is 10.8. The summed E-state index contributed by atoms with van der Waals surface area (Å²) in [5, 5.41) is 12.5. The van der Waals surface area contributed by atoms with Crippen LogP contribution in [0.2, 0.25) is 0 Å². The summed E-state index contributed by atoms with van der Waals surface area (Å²) in [7, 11) is 1.56. The third-order valence-corrected chi connectivity index (χ3v) is 5.17. The van der Waals surface area contributed by atoms with Gasteiger partial charge in [0.15, 0.2) is 22.8 Å². The van der Waals surface area contributed by atoms with Crippen molar-refractivity contribution in [1.29, 1.82) is 0 Å². The van der Waals surface area contributed by atoms with Gasteiger partial charge in [-0.3, -0.25) is 4.79 Å². The van der Waals surface area contributed by atoms with Gasteiger partial charge in [-0.1, -0.05) is 12.1 Å². The Morgan fingerprint density at radius 3 is 2.73 bits per heavy atom. The van der Waals surface area contributed by atoms with Gasteiger partial charge < -0.3 is 28.5 Å². The molecule has 7 heteroatoms. The van der Waals surface area contributed by atoms with Crippen LogP contribution in [0, 0.1) is 6.92 Å². The second kappa shape index (κ2) is 7.91. The SMILES string of the molecule is CCOC(=O)CC(O)(Cc1ccc2c(c1)OCO2)c1ccc(OC)c2oc(C)cc12. The van der Waals surface area contributed by atoms with E-state index in [1.165, 1.54) is 0 Å². The van der Waals surface area contributed by atoms with Crippen molar-refractivity contribution in [2.24, 2.45) is 0 Å². The van der Waals surface area contributed by atoms with E-state index in [9.17, 15) is 9.90 Å². The first-order chi connectivity index (χ1) is 14.4. The average molecular weight is 412 g/mol. The van der Waals surface area contributed by atoms with Crippen LogP contribution in [0.5, 0.6) is 17.2 Å². The fourth-order valence-electron chi connectivity index (χ4n) is 3.88. The van der Waals surface area contributed by atoms with E-state index < -0.39 is 11.6 Å². The Labute approximate surface area is 174 Å². The van der Waals surface area contributed by atoms with Gasteiger partial charge in [-0.15, -0.1) is 0 Å². The summed E-state index contributed by atoms with van der Waals surface area (Å²) in [6.45, 7) is 3.96. The highest BCUT2D eigenvalue weighted by Gasteiger charge is 2.36. The van der Waals surface area contributed by atoms with Crippen molar-refractivity contribution in [3.8, 4) is 17.2 Å². The lowest BCUT2D eigenvalue weighted by Crippen LogP contribution is -2.32. The summed E-state index contributed by atoms with van der Waals surface area (Å²) in [4.78, 5) is 12.4. The van der Waals surface area contributed by atoms with Crippen LogP contribution in [0.25, 0.3) is 11.0 Å². The highest BCUT2D eigenvalue weighted by atomic mass is 16.7. The number of carbonyl (C=O) groups is 1. The lowest BCUT2D eigenvalue weighted by atomic mass is 9.82. The van der Waals surface area contributed by atoms with E-state index in [0.717, 1.165) is 5.56 Å². The molecular formula is C23H24O7. The molecule has 0 fully saturated rings. The first-order valence-corrected chi connectivity index (χ1v) is 9.77. The van der Waals surface area contributed by atoms with Crippen LogP contribution in [-0.2, 0) is 21.6 Å². The van der Waals surface area contributed by atoms with Crippen molar-refractivity contribution < 1.29 is 33.3 Å². The smallest absolute Gasteiger partial charge is 0.309 e. The quantitative estimate of drug-likeness (QED) is 0.590. The number of hydrogen-bond acceptors (Lipinski definition) is 7. The third kappa shape index (κ3) is 3.68. The number of ether oxygens (including phenoxy) is 4. The van der Waals surface area contributed by atoms with Gasteiger partial charge in [0.1, 0.15) is 11.4 Å². The second-order valence-electron chi connectivity index (χ2n) is 7.29. The van der Waals surface area contributed by atoms with E-state index in [-0.39, 0.29) is 26.2 Å². The molecule has 158 valence electrons. The summed E-state index contributed by atoms with van der Waals surface area (Å²) in [6.07, 6.45) is -0.0327. The molecular weight excluding hydrogens is 388 g/mol. The van der Waals surface area contributed by atoms with Crippen molar-refractivity contribution >= 4 is 16.9 Å². The normalized spacial score (nSPS) is 14.5. The number of rotatable bonds is 7. The minimum atomic E-state index is -1.53. The first kappa shape index (κ1) is 20.1. The standard InChI is InChI=1S/C23H24O7/c1-4-27-21(24)12-23(25,11-15-5-7-18-20(10-15)29-13-28-18)17-6-8-19(26-3)22-16(17)9-14(2)30-22/h5-10,25H,4,11-13H2,1-3H3. The molecule has 0 radical (unpaired) electrons. The molecule has 0 saturated heterocycles. The highest BCUT2D eigenvalue weighted by Crippen LogP contribution is 2.41. The van der Waals surface area contributed by atoms with Crippen LogP contribution in [-0.4, -0.2) is 31.6 Å². The molecule has 7 nitrogen and oxygen atoms in total. The summed E-state index contributed by atoms with van der Waals surface area (Å²) in [5.41, 5.74) is 0.373. The van der Waals surface area contributed by atoms with Crippen molar-refractivity contribution in [2.45, 2.75) is 32.3 Å². The number of fused-ring (bicyclic) bond motifs is 2. The molecule has 1 atom stereocenters. The zero-order valence-electron chi connectivity index (χ0n) is 17.2. The minimum Gasteiger partial charge on any atom is -0.493 e. The van der Waals surface area contributed by atoms with E-state index in [1.54, 1.807) is 32.2 Å². The maximum absolute atomic E-state index is 12.4. The molecule has 1 N–H and O–H groups in total. The first-order valence-electron chi connectivity index (χ1n) is 9.77. The number of furan rings is 1. The average Bonchev–Trinajstić information content (AvgIpc) is 3.32. The topological polar surface area (TPSA) is 87.4 Å². The molecule has 0 saturated carbocycles. The van der Waals surface area contributed by atoms with E-state index in [0.29, 0.717) is 39.5 Å². The lowest BCUT2D eigenvalue weighted by Gasteiger charge is -2.29. The molecule has 1 aliphatic rings. The van der Waals surface area contributed by atoms with Gasteiger partial charge in [-0.2, -0.15) is 0 Å². The molecule has 0 spiro atoms. The van der Waals surface area contributed by atoms with Crippen molar-refractivity contribution in [1.82, 2.24) is 0 Å². The minimum absolute atomic E-state index is 0.166. The zero-order valence-corrected chi connectivity index (χ0v) is 17.2. The summed E-state index contributed by atoms with van der Waals surface area (Å²) < 4.78 is 27.2. The Morgan fingerprint density at radius 1 is 1.17 bits per heavy atom. The van der Waals surface area contributed by atoms with Crippen molar-refractivity contribution in [3.05, 3.63) is 53.3 Å². The van der Waals surface area contributed by atoms with E-state index in [4.69, 9.17) is 23.4 Å².